The molecule has 3 N–H and O–H groups in total. The van der Waals surface area contributed by atoms with Gasteiger partial charge in [0.05, 0.1) is 23.8 Å². The molecule has 0 aliphatic carbocycles. The van der Waals surface area contributed by atoms with Crippen LogP contribution in [0.1, 0.15) is 15.2 Å². The number of nitrogens with two attached hydrogens (primary N) is 1. The van der Waals surface area contributed by atoms with E-state index in [4.69, 9.17) is 15.2 Å². The summed E-state index contributed by atoms with van der Waals surface area (Å²) in [5.74, 6) is 1.64. The normalized spacial score (nSPS) is 10.6. The molecule has 2 heterocycles. The van der Waals surface area contributed by atoms with E-state index in [-0.39, 0.29) is 0 Å². The highest BCUT2D eigenvalue weighted by Gasteiger charge is 2.10. The van der Waals surface area contributed by atoms with Gasteiger partial charge in [-0.25, -0.2) is 0 Å². The number of aromatic nitrogens is 2. The van der Waals surface area contributed by atoms with Crippen molar-refractivity contribution in [1.29, 1.82) is 0 Å². The molecule has 124 valence electrons. The van der Waals surface area contributed by atoms with Crippen molar-refractivity contribution in [3.8, 4) is 11.5 Å². The van der Waals surface area contributed by atoms with Gasteiger partial charge in [0.2, 0.25) is 0 Å². The minimum atomic E-state index is -0.464. The first-order valence-electron chi connectivity index (χ1n) is 7.12. The molecule has 8 heteroatoms. The van der Waals surface area contributed by atoms with E-state index in [1.807, 2.05) is 24.3 Å². The van der Waals surface area contributed by atoms with Crippen molar-refractivity contribution < 1.29 is 14.3 Å². The first kappa shape index (κ1) is 16.0. The van der Waals surface area contributed by atoms with Crippen LogP contribution in [0.3, 0.4) is 0 Å². The van der Waals surface area contributed by atoms with Gasteiger partial charge in [-0.15, -0.1) is 21.5 Å². The van der Waals surface area contributed by atoms with Gasteiger partial charge in [0.25, 0.3) is 5.91 Å². The third-order valence-corrected chi connectivity index (χ3v) is 4.55. The van der Waals surface area contributed by atoms with Crippen molar-refractivity contribution in [3.05, 3.63) is 40.8 Å². The lowest BCUT2D eigenvalue weighted by Crippen LogP contribution is -2.08. The van der Waals surface area contributed by atoms with Gasteiger partial charge < -0.3 is 20.5 Å². The number of ether oxygens (including phenoxy) is 2. The molecule has 3 rings (SSSR count). The number of carbonyl (C=O) groups excluding carboxylic acids is 1. The Bertz CT molecular complexity index is 894. The van der Waals surface area contributed by atoms with Crippen LogP contribution in [-0.2, 0) is 6.54 Å². The Morgan fingerprint density at radius 3 is 2.75 bits per heavy atom. The van der Waals surface area contributed by atoms with Crippen molar-refractivity contribution in [2.24, 2.45) is 5.73 Å². The molecule has 0 bridgehead atoms. The zero-order valence-corrected chi connectivity index (χ0v) is 14.0. The summed E-state index contributed by atoms with van der Waals surface area (Å²) in [6, 6.07) is 9.07. The fourth-order valence-corrected chi connectivity index (χ4v) is 3.13. The van der Waals surface area contributed by atoms with Gasteiger partial charge in [0.1, 0.15) is 22.8 Å². The lowest BCUT2D eigenvalue weighted by atomic mass is 10.2. The Hall–Kier alpha value is -2.87. The van der Waals surface area contributed by atoms with Gasteiger partial charge in [0, 0.05) is 18.2 Å². The second-order valence-corrected chi connectivity index (χ2v) is 6.07. The molecular formula is C16H16N4O3S. The van der Waals surface area contributed by atoms with E-state index in [1.165, 1.54) is 11.3 Å². The number of carbonyl (C=O) groups is 1. The molecule has 0 unspecified atom stereocenters. The van der Waals surface area contributed by atoms with Crippen molar-refractivity contribution in [3.63, 3.8) is 0 Å². The van der Waals surface area contributed by atoms with Crippen LogP contribution in [0.5, 0.6) is 11.5 Å². The molecule has 0 spiro atoms. The molecule has 1 amide bonds. The lowest BCUT2D eigenvalue weighted by Gasteiger charge is -2.11. The Morgan fingerprint density at radius 2 is 2.04 bits per heavy atom. The van der Waals surface area contributed by atoms with E-state index in [9.17, 15) is 4.79 Å². The summed E-state index contributed by atoms with van der Waals surface area (Å²) in [6.07, 6.45) is 0. The Balaban J connectivity index is 1.81. The molecule has 1 aromatic carbocycles. The SMILES string of the molecule is COc1ccc(OC)c(CNc2cc3sc(C(N)=O)cc3nn2)c1. The number of benzene rings is 1. The number of thiophene rings is 1. The van der Waals surface area contributed by atoms with Crippen LogP contribution < -0.4 is 20.5 Å². The zero-order chi connectivity index (χ0) is 17.1. The number of primary amides is 1. The molecule has 0 atom stereocenters. The van der Waals surface area contributed by atoms with Crippen LogP contribution >= 0.6 is 11.3 Å². The van der Waals surface area contributed by atoms with Crippen molar-refractivity contribution in [2.45, 2.75) is 6.54 Å². The molecule has 0 fully saturated rings. The number of methoxy groups -OCH3 is 2. The zero-order valence-electron chi connectivity index (χ0n) is 13.2. The van der Waals surface area contributed by atoms with Gasteiger partial charge in [0.15, 0.2) is 0 Å². The van der Waals surface area contributed by atoms with E-state index in [0.717, 1.165) is 21.8 Å². The van der Waals surface area contributed by atoms with Crippen LogP contribution in [-0.4, -0.2) is 30.3 Å². The average Bonchev–Trinajstić information content (AvgIpc) is 3.03. The number of hydrogen-bond acceptors (Lipinski definition) is 7. The van der Waals surface area contributed by atoms with E-state index >= 15 is 0 Å². The largest absolute Gasteiger partial charge is 0.497 e. The predicted octanol–water partition coefficient (Wildman–Crippen LogP) is 2.42. The number of amides is 1. The molecule has 7 nitrogen and oxygen atoms in total. The fraction of sp³-hybridized carbons (Fsp3) is 0.188. The van der Waals surface area contributed by atoms with Gasteiger partial charge in [-0.05, 0) is 24.3 Å². The third kappa shape index (κ3) is 3.23. The molecule has 24 heavy (non-hydrogen) atoms. The van der Waals surface area contributed by atoms with Crippen LogP contribution in [0.4, 0.5) is 5.82 Å². The third-order valence-electron chi connectivity index (χ3n) is 3.46. The van der Waals surface area contributed by atoms with E-state index in [1.54, 1.807) is 20.3 Å². The van der Waals surface area contributed by atoms with Crippen LogP contribution in [0.25, 0.3) is 10.2 Å². The first-order valence-corrected chi connectivity index (χ1v) is 7.94. The highest BCUT2D eigenvalue weighted by atomic mass is 32.1. The Labute approximate surface area is 142 Å². The van der Waals surface area contributed by atoms with Crippen LogP contribution in [0.2, 0.25) is 0 Å². The minimum absolute atomic E-state index is 0.464. The second-order valence-electron chi connectivity index (χ2n) is 4.99. The number of nitrogens with zero attached hydrogens (tertiary/aromatic N) is 2. The molecule has 0 aliphatic rings. The number of nitrogens with one attached hydrogen (secondary N) is 1. The molecule has 2 aromatic heterocycles. The Kier molecular flexibility index (Phi) is 4.48. The van der Waals surface area contributed by atoms with Crippen LogP contribution in [0.15, 0.2) is 30.3 Å². The van der Waals surface area contributed by atoms with E-state index in [2.05, 4.69) is 15.5 Å². The summed E-state index contributed by atoms with van der Waals surface area (Å²) in [4.78, 5) is 11.7. The number of rotatable bonds is 6. The fourth-order valence-electron chi connectivity index (χ4n) is 2.25. The predicted molar refractivity (Wildman–Crippen MR) is 92.8 cm³/mol. The van der Waals surface area contributed by atoms with Crippen LogP contribution in [0, 0.1) is 0 Å². The highest BCUT2D eigenvalue weighted by molar-refractivity contribution is 7.20. The maximum Gasteiger partial charge on any atom is 0.258 e. The monoisotopic (exact) mass is 344 g/mol. The number of hydrogen-bond donors (Lipinski definition) is 2. The molecule has 3 aromatic rings. The quantitative estimate of drug-likeness (QED) is 0.712. The molecule has 0 saturated carbocycles. The summed E-state index contributed by atoms with van der Waals surface area (Å²) in [6.45, 7) is 0.495. The van der Waals surface area contributed by atoms with Gasteiger partial charge in [-0.3, -0.25) is 4.79 Å². The van der Waals surface area contributed by atoms with Gasteiger partial charge in [-0.1, -0.05) is 0 Å². The minimum Gasteiger partial charge on any atom is -0.497 e. The van der Waals surface area contributed by atoms with E-state index in [0.29, 0.717) is 22.8 Å². The molecule has 0 aliphatic heterocycles. The highest BCUT2D eigenvalue weighted by Crippen LogP contribution is 2.27. The maximum atomic E-state index is 11.2. The van der Waals surface area contributed by atoms with Crippen molar-refractivity contribution in [1.82, 2.24) is 10.2 Å². The van der Waals surface area contributed by atoms with Crippen molar-refractivity contribution in [2.75, 3.05) is 19.5 Å². The maximum absolute atomic E-state index is 11.2. The summed E-state index contributed by atoms with van der Waals surface area (Å²) in [5.41, 5.74) is 6.88. The molecule has 0 saturated heterocycles. The summed E-state index contributed by atoms with van der Waals surface area (Å²) >= 11 is 1.29. The standard InChI is InChI=1S/C16H16N4O3S/c1-22-10-3-4-12(23-2)9(5-10)8-18-15-7-13-11(19-20-15)6-14(24-13)16(17)21/h3-7H,8H2,1-2H3,(H2,17,21)(H,18,20). The van der Waals surface area contributed by atoms with Crippen molar-refractivity contribution >= 4 is 33.3 Å². The number of anilines is 1. The molecular weight excluding hydrogens is 328 g/mol. The lowest BCUT2D eigenvalue weighted by molar-refractivity contribution is 0.100. The first-order chi connectivity index (χ1) is 11.6. The average molecular weight is 344 g/mol. The summed E-state index contributed by atoms with van der Waals surface area (Å²) in [7, 11) is 3.24. The Morgan fingerprint density at radius 1 is 1.21 bits per heavy atom. The number of fused-ring (bicyclic) bond motifs is 1. The topological polar surface area (TPSA) is 99.4 Å². The smallest absolute Gasteiger partial charge is 0.258 e. The van der Waals surface area contributed by atoms with Gasteiger partial charge in [-0.2, -0.15) is 0 Å². The second kappa shape index (κ2) is 6.71. The molecule has 0 radical (unpaired) electrons. The summed E-state index contributed by atoms with van der Waals surface area (Å²) < 4.78 is 11.4. The van der Waals surface area contributed by atoms with E-state index < -0.39 is 5.91 Å². The van der Waals surface area contributed by atoms with Gasteiger partial charge >= 0.3 is 0 Å². The summed E-state index contributed by atoms with van der Waals surface area (Å²) in [5, 5.41) is 11.4.